The van der Waals surface area contributed by atoms with Crippen LogP contribution in [0.3, 0.4) is 0 Å². The number of hydrogen-bond acceptors (Lipinski definition) is 5. The molecule has 106 valence electrons. The van der Waals surface area contributed by atoms with E-state index in [-0.39, 0.29) is 6.61 Å². The normalized spacial score (nSPS) is 13.8. The lowest BCUT2D eigenvalue weighted by molar-refractivity contribution is 0.244. The van der Waals surface area contributed by atoms with E-state index in [0.29, 0.717) is 25.5 Å². The van der Waals surface area contributed by atoms with E-state index in [0.717, 1.165) is 29.4 Å². The summed E-state index contributed by atoms with van der Waals surface area (Å²) >= 11 is 0. The van der Waals surface area contributed by atoms with Crippen molar-refractivity contribution in [2.75, 3.05) is 18.5 Å². The lowest BCUT2D eigenvalue weighted by Gasteiger charge is -2.10. The third kappa shape index (κ3) is 2.88. The Morgan fingerprint density at radius 1 is 1.00 bits per heavy atom. The number of aliphatic hydroxyl groups excluding tert-OH is 1. The van der Waals surface area contributed by atoms with Crippen LogP contribution >= 0.6 is 0 Å². The fourth-order valence-electron chi connectivity index (χ4n) is 2.06. The van der Waals surface area contributed by atoms with Gasteiger partial charge in [-0.1, -0.05) is 0 Å². The smallest absolute Gasteiger partial charge is 0.163 e. The molecular formula is C15H17NO4. The molecule has 2 aromatic rings. The molecule has 1 aromatic heterocycles. The molecular weight excluding hydrogens is 258 g/mol. The van der Waals surface area contributed by atoms with Gasteiger partial charge in [-0.3, -0.25) is 0 Å². The third-order valence-corrected chi connectivity index (χ3v) is 3.09. The van der Waals surface area contributed by atoms with E-state index in [1.54, 1.807) is 6.07 Å². The first kappa shape index (κ1) is 12.9. The topological polar surface area (TPSA) is 63.9 Å². The molecule has 5 heteroatoms. The van der Waals surface area contributed by atoms with Gasteiger partial charge in [0.15, 0.2) is 11.5 Å². The van der Waals surface area contributed by atoms with Crippen LogP contribution in [0.5, 0.6) is 11.5 Å². The Labute approximate surface area is 117 Å². The van der Waals surface area contributed by atoms with Crippen molar-refractivity contribution in [2.24, 2.45) is 0 Å². The van der Waals surface area contributed by atoms with Gasteiger partial charge in [-0.15, -0.1) is 0 Å². The molecule has 2 heterocycles. The zero-order valence-electron chi connectivity index (χ0n) is 11.1. The number of aliphatic hydroxyl groups is 1. The van der Waals surface area contributed by atoms with Crippen molar-refractivity contribution >= 4 is 5.69 Å². The predicted molar refractivity (Wildman–Crippen MR) is 74.0 cm³/mol. The first-order valence-corrected chi connectivity index (χ1v) is 6.67. The highest BCUT2D eigenvalue weighted by atomic mass is 16.5. The summed E-state index contributed by atoms with van der Waals surface area (Å²) < 4.78 is 16.6. The van der Waals surface area contributed by atoms with Crippen LogP contribution in [0.2, 0.25) is 0 Å². The summed E-state index contributed by atoms with van der Waals surface area (Å²) in [5.41, 5.74) is 0.941. The van der Waals surface area contributed by atoms with Crippen LogP contribution in [-0.2, 0) is 13.2 Å². The Hall–Kier alpha value is -2.14. The number of benzene rings is 1. The van der Waals surface area contributed by atoms with Gasteiger partial charge in [-0.2, -0.15) is 0 Å². The highest BCUT2D eigenvalue weighted by Gasteiger charge is 2.10. The molecule has 20 heavy (non-hydrogen) atoms. The molecule has 0 bridgehead atoms. The predicted octanol–water partition coefficient (Wildman–Crippen LogP) is 2.55. The fraction of sp³-hybridized carbons (Fsp3) is 0.333. The largest absolute Gasteiger partial charge is 0.490 e. The molecule has 0 saturated carbocycles. The van der Waals surface area contributed by atoms with Gasteiger partial charge in [-0.25, -0.2) is 0 Å². The molecule has 0 saturated heterocycles. The van der Waals surface area contributed by atoms with Gasteiger partial charge in [0.25, 0.3) is 0 Å². The third-order valence-electron chi connectivity index (χ3n) is 3.09. The van der Waals surface area contributed by atoms with Crippen molar-refractivity contribution in [3.63, 3.8) is 0 Å². The molecule has 1 aromatic carbocycles. The number of fused-ring (bicyclic) bond motifs is 1. The summed E-state index contributed by atoms with van der Waals surface area (Å²) in [6.45, 7) is 1.84. The average Bonchev–Trinajstić information content (AvgIpc) is 2.82. The summed E-state index contributed by atoms with van der Waals surface area (Å²) in [5.74, 6) is 2.90. The quantitative estimate of drug-likeness (QED) is 0.897. The number of anilines is 1. The second kappa shape index (κ2) is 5.88. The second-order valence-electron chi connectivity index (χ2n) is 4.59. The van der Waals surface area contributed by atoms with Crippen molar-refractivity contribution in [3.8, 4) is 11.5 Å². The van der Waals surface area contributed by atoms with Gasteiger partial charge in [0.2, 0.25) is 0 Å². The average molecular weight is 275 g/mol. The van der Waals surface area contributed by atoms with Crippen molar-refractivity contribution in [1.82, 2.24) is 0 Å². The van der Waals surface area contributed by atoms with Crippen molar-refractivity contribution < 1.29 is 19.0 Å². The van der Waals surface area contributed by atoms with E-state index >= 15 is 0 Å². The lowest BCUT2D eigenvalue weighted by Crippen LogP contribution is -1.99. The SMILES string of the molecule is OCc1ccc(CNc2ccc3c(c2)OCCCO3)o1. The summed E-state index contributed by atoms with van der Waals surface area (Å²) in [5, 5.41) is 12.2. The molecule has 0 aliphatic carbocycles. The van der Waals surface area contributed by atoms with Crippen LogP contribution < -0.4 is 14.8 Å². The molecule has 0 fully saturated rings. The minimum Gasteiger partial charge on any atom is -0.490 e. The van der Waals surface area contributed by atoms with E-state index in [9.17, 15) is 0 Å². The fourth-order valence-corrected chi connectivity index (χ4v) is 2.06. The summed E-state index contributed by atoms with van der Waals surface area (Å²) in [6.07, 6.45) is 0.897. The van der Waals surface area contributed by atoms with Gasteiger partial charge < -0.3 is 24.3 Å². The monoisotopic (exact) mass is 275 g/mol. The summed E-state index contributed by atoms with van der Waals surface area (Å²) in [6, 6.07) is 9.40. The van der Waals surface area contributed by atoms with Crippen LogP contribution in [0.25, 0.3) is 0 Å². The highest BCUT2D eigenvalue weighted by molar-refractivity contribution is 5.55. The first-order valence-electron chi connectivity index (χ1n) is 6.67. The molecule has 1 aliphatic rings. The van der Waals surface area contributed by atoms with E-state index in [1.807, 2.05) is 24.3 Å². The van der Waals surface area contributed by atoms with Gasteiger partial charge >= 0.3 is 0 Å². The van der Waals surface area contributed by atoms with Crippen molar-refractivity contribution in [3.05, 3.63) is 41.9 Å². The maximum Gasteiger partial charge on any atom is 0.163 e. The maximum atomic E-state index is 8.95. The minimum absolute atomic E-state index is 0.0793. The molecule has 1 aliphatic heterocycles. The summed E-state index contributed by atoms with van der Waals surface area (Å²) in [4.78, 5) is 0. The van der Waals surface area contributed by atoms with Crippen LogP contribution in [0, 0.1) is 0 Å². The van der Waals surface area contributed by atoms with Gasteiger partial charge in [0.05, 0.1) is 19.8 Å². The molecule has 0 amide bonds. The van der Waals surface area contributed by atoms with E-state index in [4.69, 9.17) is 19.0 Å². The van der Waals surface area contributed by atoms with Crippen LogP contribution in [0.15, 0.2) is 34.7 Å². The Kier molecular flexibility index (Phi) is 3.78. The zero-order chi connectivity index (χ0) is 13.8. The Morgan fingerprint density at radius 2 is 1.80 bits per heavy atom. The zero-order valence-corrected chi connectivity index (χ0v) is 11.1. The van der Waals surface area contributed by atoms with Crippen molar-refractivity contribution in [1.29, 1.82) is 0 Å². The summed E-state index contributed by atoms with van der Waals surface area (Å²) in [7, 11) is 0. The number of nitrogens with one attached hydrogen (secondary N) is 1. The van der Waals surface area contributed by atoms with Crippen LogP contribution in [0.1, 0.15) is 17.9 Å². The van der Waals surface area contributed by atoms with Gasteiger partial charge in [-0.05, 0) is 24.3 Å². The van der Waals surface area contributed by atoms with Crippen molar-refractivity contribution in [2.45, 2.75) is 19.6 Å². The standard InChI is InChI=1S/C15H17NO4/c17-10-13-4-3-12(20-13)9-16-11-2-5-14-15(8-11)19-7-1-6-18-14/h2-5,8,16-17H,1,6-7,9-10H2. The number of furan rings is 1. The molecule has 0 spiro atoms. The molecule has 0 unspecified atom stereocenters. The van der Waals surface area contributed by atoms with Gasteiger partial charge in [0.1, 0.15) is 18.1 Å². The number of ether oxygens (including phenoxy) is 2. The molecule has 0 radical (unpaired) electrons. The molecule has 5 nitrogen and oxygen atoms in total. The first-order chi connectivity index (χ1) is 9.85. The van der Waals surface area contributed by atoms with E-state index in [1.165, 1.54) is 0 Å². The van der Waals surface area contributed by atoms with E-state index in [2.05, 4.69) is 5.32 Å². The van der Waals surface area contributed by atoms with Crippen LogP contribution in [0.4, 0.5) is 5.69 Å². The minimum atomic E-state index is -0.0793. The Morgan fingerprint density at radius 3 is 2.60 bits per heavy atom. The Bertz CT molecular complexity index is 579. The Balaban J connectivity index is 1.67. The molecule has 3 rings (SSSR count). The van der Waals surface area contributed by atoms with Crippen LogP contribution in [-0.4, -0.2) is 18.3 Å². The number of hydrogen-bond donors (Lipinski definition) is 2. The van der Waals surface area contributed by atoms with Gasteiger partial charge in [0, 0.05) is 18.2 Å². The molecule has 0 atom stereocenters. The number of rotatable bonds is 4. The molecule has 2 N–H and O–H groups in total. The highest BCUT2D eigenvalue weighted by Crippen LogP contribution is 2.32. The van der Waals surface area contributed by atoms with E-state index < -0.39 is 0 Å². The lowest BCUT2D eigenvalue weighted by atomic mass is 10.2. The maximum absolute atomic E-state index is 8.95. The second-order valence-corrected chi connectivity index (χ2v) is 4.59.